The lowest BCUT2D eigenvalue weighted by Gasteiger charge is -2.33. The number of rotatable bonds is 10. The molecule has 200 valence electrons. The molecule has 0 spiro atoms. The van der Waals surface area contributed by atoms with Gasteiger partial charge in [-0.3, -0.25) is 14.5 Å². The van der Waals surface area contributed by atoms with Crippen LogP contribution in [0.1, 0.15) is 39.3 Å². The average Bonchev–Trinajstić information content (AvgIpc) is 3.21. The smallest absolute Gasteiger partial charge is 0.322 e. The minimum absolute atomic E-state index is 0.120. The highest BCUT2D eigenvalue weighted by atomic mass is 16.5. The number of carbonyl (C=O) groups is 3. The van der Waals surface area contributed by atoms with Crippen LogP contribution in [0, 0.1) is 11.8 Å². The van der Waals surface area contributed by atoms with Gasteiger partial charge in [0.1, 0.15) is 17.5 Å². The number of nitrogens with one attached hydrogen (secondary N) is 2. The molecule has 0 aromatic heterocycles. The van der Waals surface area contributed by atoms with Crippen LogP contribution in [-0.4, -0.2) is 53.3 Å². The van der Waals surface area contributed by atoms with Gasteiger partial charge in [0.15, 0.2) is 0 Å². The van der Waals surface area contributed by atoms with Gasteiger partial charge in [0, 0.05) is 13.1 Å². The second kappa shape index (κ2) is 11.5. The largest absolute Gasteiger partial charge is 0.457 e. The molecule has 2 aliphatic heterocycles. The van der Waals surface area contributed by atoms with E-state index in [-0.39, 0.29) is 42.8 Å². The fourth-order valence-corrected chi connectivity index (χ4v) is 4.91. The third-order valence-electron chi connectivity index (χ3n) is 6.65. The van der Waals surface area contributed by atoms with E-state index < -0.39 is 12.1 Å². The Hall–Kier alpha value is -4.07. The number of hydrogen-bond donors (Lipinski definition) is 2. The Morgan fingerprint density at radius 2 is 1.82 bits per heavy atom. The van der Waals surface area contributed by atoms with Gasteiger partial charge in [-0.1, -0.05) is 64.1 Å². The molecule has 0 saturated carbocycles. The van der Waals surface area contributed by atoms with Gasteiger partial charge >= 0.3 is 6.03 Å². The Labute approximate surface area is 224 Å². The molecule has 38 heavy (non-hydrogen) atoms. The lowest BCUT2D eigenvalue weighted by molar-refractivity contribution is -0.138. The molecule has 0 fully saturated rings. The number of para-hydroxylation sites is 1. The maximum absolute atomic E-state index is 14.0. The van der Waals surface area contributed by atoms with Gasteiger partial charge in [0.2, 0.25) is 5.91 Å². The van der Waals surface area contributed by atoms with Crippen LogP contribution in [0.15, 0.2) is 78.5 Å². The van der Waals surface area contributed by atoms with E-state index in [1.807, 2.05) is 82.3 Å². The van der Waals surface area contributed by atoms with Crippen LogP contribution < -0.4 is 15.4 Å². The average molecular weight is 517 g/mol. The van der Waals surface area contributed by atoms with Gasteiger partial charge in [0.25, 0.3) is 5.91 Å². The van der Waals surface area contributed by atoms with Crippen LogP contribution in [0.5, 0.6) is 11.5 Å². The normalized spacial score (nSPS) is 18.0. The second-order valence-electron chi connectivity index (χ2n) is 10.4. The fraction of sp³-hybridized carbons (Fsp3) is 0.367. The van der Waals surface area contributed by atoms with Crippen LogP contribution in [0.25, 0.3) is 0 Å². The molecule has 0 radical (unpaired) electrons. The highest BCUT2D eigenvalue weighted by Gasteiger charge is 2.47. The van der Waals surface area contributed by atoms with Crippen molar-refractivity contribution >= 4 is 17.8 Å². The van der Waals surface area contributed by atoms with Crippen LogP contribution in [-0.2, 0) is 9.59 Å². The van der Waals surface area contributed by atoms with Crippen LogP contribution in [0.4, 0.5) is 4.79 Å². The van der Waals surface area contributed by atoms with Gasteiger partial charge < -0.3 is 20.3 Å². The molecule has 8 heteroatoms. The summed E-state index contributed by atoms with van der Waals surface area (Å²) in [6.07, 6.45) is 1.63. The van der Waals surface area contributed by atoms with Crippen molar-refractivity contribution in [3.05, 3.63) is 84.1 Å². The van der Waals surface area contributed by atoms with Crippen molar-refractivity contribution in [3.8, 4) is 11.5 Å². The second-order valence-corrected chi connectivity index (χ2v) is 10.4. The summed E-state index contributed by atoms with van der Waals surface area (Å²) in [6.45, 7) is 12.6. The van der Waals surface area contributed by atoms with Crippen molar-refractivity contribution in [2.24, 2.45) is 11.8 Å². The quantitative estimate of drug-likeness (QED) is 0.451. The number of benzene rings is 2. The monoisotopic (exact) mass is 516 g/mol. The third-order valence-corrected chi connectivity index (χ3v) is 6.65. The Kier molecular flexibility index (Phi) is 8.20. The van der Waals surface area contributed by atoms with Gasteiger partial charge in [-0.15, -0.1) is 6.58 Å². The summed E-state index contributed by atoms with van der Waals surface area (Å²) in [4.78, 5) is 43.5. The molecule has 2 atom stereocenters. The zero-order valence-corrected chi connectivity index (χ0v) is 22.4. The predicted octanol–water partition coefficient (Wildman–Crippen LogP) is 4.62. The number of amides is 4. The molecule has 2 N–H and O–H groups in total. The van der Waals surface area contributed by atoms with E-state index in [4.69, 9.17) is 4.74 Å². The van der Waals surface area contributed by atoms with E-state index in [0.717, 1.165) is 5.56 Å². The maximum atomic E-state index is 14.0. The molecule has 2 aromatic rings. The first kappa shape index (κ1) is 27.0. The maximum Gasteiger partial charge on any atom is 0.322 e. The van der Waals surface area contributed by atoms with Gasteiger partial charge in [-0.2, -0.15) is 0 Å². The summed E-state index contributed by atoms with van der Waals surface area (Å²) >= 11 is 0. The number of urea groups is 1. The number of carbonyl (C=O) groups excluding carboxylic acids is 3. The molecular formula is C30H36N4O4. The van der Waals surface area contributed by atoms with E-state index in [0.29, 0.717) is 29.3 Å². The Balaban J connectivity index is 1.69. The van der Waals surface area contributed by atoms with Crippen molar-refractivity contribution in [2.75, 3.05) is 19.6 Å². The van der Waals surface area contributed by atoms with Crippen molar-refractivity contribution in [1.29, 1.82) is 0 Å². The zero-order chi connectivity index (χ0) is 27.4. The molecule has 2 heterocycles. The summed E-state index contributed by atoms with van der Waals surface area (Å²) in [5.41, 5.74) is 1.78. The molecule has 8 nitrogen and oxygen atoms in total. The van der Waals surface area contributed by atoms with Crippen molar-refractivity contribution < 1.29 is 19.1 Å². The molecular weight excluding hydrogens is 480 g/mol. The molecule has 0 saturated heterocycles. The summed E-state index contributed by atoms with van der Waals surface area (Å²) in [7, 11) is 0. The zero-order valence-electron chi connectivity index (χ0n) is 22.4. The summed E-state index contributed by atoms with van der Waals surface area (Å²) < 4.78 is 6.00. The Morgan fingerprint density at radius 1 is 1.11 bits per heavy atom. The lowest BCUT2D eigenvalue weighted by Crippen LogP contribution is -2.52. The minimum atomic E-state index is -0.679. The first-order valence-corrected chi connectivity index (χ1v) is 13.0. The molecule has 2 aliphatic rings. The number of ether oxygens (including phenoxy) is 1. The number of nitrogens with zero attached hydrogens (tertiary/aromatic N) is 2. The highest BCUT2D eigenvalue weighted by molar-refractivity contribution is 6.03. The fourth-order valence-electron chi connectivity index (χ4n) is 4.91. The summed E-state index contributed by atoms with van der Waals surface area (Å²) in [6, 6.07) is 15.1. The summed E-state index contributed by atoms with van der Waals surface area (Å²) in [5, 5.41) is 5.98. The van der Waals surface area contributed by atoms with Crippen molar-refractivity contribution in [1.82, 2.24) is 20.4 Å². The van der Waals surface area contributed by atoms with Crippen molar-refractivity contribution in [2.45, 2.75) is 39.8 Å². The third kappa shape index (κ3) is 5.59. The van der Waals surface area contributed by atoms with Crippen molar-refractivity contribution in [3.63, 3.8) is 0 Å². The minimum Gasteiger partial charge on any atom is -0.457 e. The molecule has 4 amide bonds. The molecule has 0 bridgehead atoms. The van der Waals surface area contributed by atoms with E-state index in [9.17, 15) is 14.4 Å². The molecule has 0 aliphatic carbocycles. The molecule has 4 rings (SSSR count). The van der Waals surface area contributed by atoms with Crippen LogP contribution in [0.3, 0.4) is 0 Å². The first-order valence-electron chi connectivity index (χ1n) is 13.0. The SMILES string of the molecule is C=CCN1C(=O)NC(c2cccc(Oc3ccccc3)c2)C2=C1CN(C(C(=O)NCC(C)C)C(C)C)C2=O. The summed E-state index contributed by atoms with van der Waals surface area (Å²) in [5.74, 6) is 0.994. The first-order chi connectivity index (χ1) is 18.2. The van der Waals surface area contributed by atoms with E-state index in [2.05, 4.69) is 17.2 Å². The van der Waals surface area contributed by atoms with E-state index >= 15 is 0 Å². The van der Waals surface area contributed by atoms with Crippen LogP contribution >= 0.6 is 0 Å². The van der Waals surface area contributed by atoms with E-state index in [1.165, 1.54) is 4.90 Å². The van der Waals surface area contributed by atoms with Gasteiger partial charge in [-0.05, 0) is 41.7 Å². The predicted molar refractivity (Wildman–Crippen MR) is 146 cm³/mol. The van der Waals surface area contributed by atoms with Gasteiger partial charge in [-0.25, -0.2) is 4.79 Å². The molecule has 2 unspecified atom stereocenters. The molecule has 2 aromatic carbocycles. The van der Waals surface area contributed by atoms with Crippen LogP contribution in [0.2, 0.25) is 0 Å². The lowest BCUT2D eigenvalue weighted by atomic mass is 9.95. The highest BCUT2D eigenvalue weighted by Crippen LogP contribution is 2.39. The Morgan fingerprint density at radius 3 is 2.47 bits per heavy atom. The number of hydrogen-bond acceptors (Lipinski definition) is 4. The Bertz CT molecular complexity index is 1240. The van der Waals surface area contributed by atoms with Gasteiger partial charge in [0.05, 0.1) is 23.9 Å². The van der Waals surface area contributed by atoms with E-state index in [1.54, 1.807) is 11.0 Å². The standard InChI is InChI=1S/C30H36N4O4/c1-6-15-33-24-18-34(27(20(4)5)28(35)31-17-19(2)3)29(36)25(24)26(32-30(33)37)21-11-10-14-23(16-21)38-22-12-8-7-9-13-22/h6-14,16,19-20,26-27H,1,15,17-18H2,2-5H3,(H,31,35)(H,32,37). The topological polar surface area (TPSA) is 91.0 Å².